The Balaban J connectivity index is 2.95. The zero-order valence-corrected chi connectivity index (χ0v) is 10.3. The van der Waals surface area contributed by atoms with Crippen molar-refractivity contribution >= 4 is 21.9 Å². The first-order valence-corrected chi connectivity index (χ1v) is 5.38. The van der Waals surface area contributed by atoms with Crippen molar-refractivity contribution in [3.63, 3.8) is 0 Å². The maximum absolute atomic E-state index is 10.5. The third kappa shape index (κ3) is 3.23. The number of carboxylic acids is 1. The molecule has 1 aromatic rings. The average molecular weight is 273 g/mol. The molecule has 0 unspecified atom stereocenters. The average Bonchev–Trinajstić information content (AvgIpc) is 2.18. The number of halogens is 1. The maximum Gasteiger partial charge on any atom is 0.303 e. The molecule has 0 aliphatic heterocycles. The predicted molar refractivity (Wildman–Crippen MR) is 61.4 cm³/mol. The van der Waals surface area contributed by atoms with Crippen LogP contribution in [-0.4, -0.2) is 18.2 Å². The van der Waals surface area contributed by atoms with Crippen molar-refractivity contribution in [2.75, 3.05) is 7.11 Å². The van der Waals surface area contributed by atoms with Gasteiger partial charge >= 0.3 is 5.97 Å². The molecule has 0 aliphatic rings. The summed E-state index contributed by atoms with van der Waals surface area (Å²) in [6.45, 7) is 1.96. The first kappa shape index (κ1) is 12.0. The number of methoxy groups -OCH3 is 1. The van der Waals surface area contributed by atoms with Gasteiger partial charge in [-0.2, -0.15) is 0 Å². The van der Waals surface area contributed by atoms with Gasteiger partial charge in [0.15, 0.2) is 0 Å². The lowest BCUT2D eigenvalue weighted by atomic mass is 10.1. The van der Waals surface area contributed by atoms with E-state index in [9.17, 15) is 4.79 Å². The third-order valence-electron chi connectivity index (χ3n) is 2.09. The number of aliphatic carboxylic acids is 1. The van der Waals surface area contributed by atoms with E-state index in [1.807, 2.05) is 19.1 Å². The van der Waals surface area contributed by atoms with E-state index in [1.54, 1.807) is 7.11 Å². The lowest BCUT2D eigenvalue weighted by molar-refractivity contribution is -0.136. The highest BCUT2D eigenvalue weighted by atomic mass is 79.9. The molecule has 0 saturated carbocycles. The molecular weight excluding hydrogens is 260 g/mol. The van der Waals surface area contributed by atoms with E-state index in [4.69, 9.17) is 9.84 Å². The van der Waals surface area contributed by atoms with E-state index in [0.717, 1.165) is 21.3 Å². The van der Waals surface area contributed by atoms with Gasteiger partial charge in [-0.3, -0.25) is 4.79 Å². The Labute approximate surface area is 97.2 Å². The summed E-state index contributed by atoms with van der Waals surface area (Å²) >= 11 is 3.41. The Bertz CT molecular complexity index is 374. The minimum absolute atomic E-state index is 0.130. The van der Waals surface area contributed by atoms with Crippen LogP contribution in [0, 0.1) is 6.92 Å². The highest BCUT2D eigenvalue weighted by molar-refractivity contribution is 9.10. The van der Waals surface area contributed by atoms with Crippen molar-refractivity contribution in [2.24, 2.45) is 0 Å². The molecule has 0 radical (unpaired) electrons. The molecule has 0 aromatic heterocycles. The summed E-state index contributed by atoms with van der Waals surface area (Å²) in [6, 6.07) is 3.88. The minimum Gasteiger partial charge on any atom is -0.496 e. The van der Waals surface area contributed by atoms with Crippen LogP contribution >= 0.6 is 15.9 Å². The van der Waals surface area contributed by atoms with Crippen LogP contribution in [0.4, 0.5) is 0 Å². The second kappa shape index (κ2) is 5.16. The molecule has 0 spiro atoms. The van der Waals surface area contributed by atoms with Crippen molar-refractivity contribution in [3.05, 3.63) is 27.7 Å². The Hall–Kier alpha value is -1.03. The summed E-state index contributed by atoms with van der Waals surface area (Å²) in [5, 5.41) is 8.61. The van der Waals surface area contributed by atoms with E-state index < -0.39 is 5.97 Å². The molecule has 0 atom stereocenters. The first-order chi connectivity index (χ1) is 7.04. The number of rotatable bonds is 4. The summed E-state index contributed by atoms with van der Waals surface area (Å²) in [6.07, 6.45) is 0.638. The highest BCUT2D eigenvalue weighted by Gasteiger charge is 2.09. The standard InChI is InChI=1S/C11H13BrO3/c1-7-5-8(3-4-10(13)14)11(12)9(6-7)15-2/h5-6H,3-4H2,1-2H3,(H,13,14). The Morgan fingerprint density at radius 2 is 2.20 bits per heavy atom. The second-order valence-corrected chi connectivity index (χ2v) is 4.13. The van der Waals surface area contributed by atoms with Gasteiger partial charge in [-0.25, -0.2) is 0 Å². The second-order valence-electron chi connectivity index (χ2n) is 3.33. The summed E-state index contributed by atoms with van der Waals surface area (Å²) < 4.78 is 6.02. The number of ether oxygens (including phenoxy) is 1. The molecule has 82 valence electrons. The van der Waals surface area contributed by atoms with Crippen molar-refractivity contribution in [2.45, 2.75) is 19.8 Å². The fraction of sp³-hybridized carbons (Fsp3) is 0.364. The van der Waals surface area contributed by atoms with Crippen LogP contribution < -0.4 is 4.74 Å². The maximum atomic E-state index is 10.5. The van der Waals surface area contributed by atoms with Gasteiger partial charge in [-0.15, -0.1) is 0 Å². The van der Waals surface area contributed by atoms with E-state index in [0.29, 0.717) is 6.42 Å². The molecule has 1 rings (SSSR count). The van der Waals surface area contributed by atoms with Crippen LogP contribution in [0.3, 0.4) is 0 Å². The summed E-state index contributed by atoms with van der Waals surface area (Å²) in [7, 11) is 1.60. The Morgan fingerprint density at radius 3 is 2.73 bits per heavy atom. The van der Waals surface area contributed by atoms with Crippen LogP contribution in [-0.2, 0) is 11.2 Å². The van der Waals surface area contributed by atoms with Gasteiger partial charge in [0.2, 0.25) is 0 Å². The van der Waals surface area contributed by atoms with Crippen LogP contribution in [0.15, 0.2) is 16.6 Å². The van der Waals surface area contributed by atoms with E-state index in [2.05, 4.69) is 15.9 Å². The van der Waals surface area contributed by atoms with E-state index in [1.165, 1.54) is 0 Å². The van der Waals surface area contributed by atoms with E-state index in [-0.39, 0.29) is 6.42 Å². The van der Waals surface area contributed by atoms with Crippen molar-refractivity contribution in [1.29, 1.82) is 0 Å². The lowest BCUT2D eigenvalue weighted by Crippen LogP contribution is -1.99. The lowest BCUT2D eigenvalue weighted by Gasteiger charge is -2.09. The molecule has 0 heterocycles. The van der Waals surface area contributed by atoms with Crippen LogP contribution in [0.5, 0.6) is 5.75 Å². The summed E-state index contributed by atoms with van der Waals surface area (Å²) in [4.78, 5) is 10.5. The topological polar surface area (TPSA) is 46.5 Å². The molecule has 4 heteroatoms. The van der Waals surface area contributed by atoms with E-state index >= 15 is 0 Å². The van der Waals surface area contributed by atoms with Gasteiger partial charge in [0.1, 0.15) is 5.75 Å². The van der Waals surface area contributed by atoms with Gasteiger partial charge < -0.3 is 9.84 Å². The number of aryl methyl sites for hydroxylation is 2. The normalized spacial score (nSPS) is 10.1. The molecule has 0 bridgehead atoms. The molecule has 0 fully saturated rings. The number of hydrogen-bond donors (Lipinski definition) is 1. The Kier molecular flexibility index (Phi) is 4.15. The SMILES string of the molecule is COc1cc(C)cc(CCC(=O)O)c1Br. The van der Waals surface area contributed by atoms with Crippen LogP contribution in [0.2, 0.25) is 0 Å². The third-order valence-corrected chi connectivity index (χ3v) is 2.99. The van der Waals surface area contributed by atoms with Gasteiger partial charge in [0, 0.05) is 6.42 Å². The van der Waals surface area contributed by atoms with Gasteiger partial charge in [-0.1, -0.05) is 6.07 Å². The summed E-state index contributed by atoms with van der Waals surface area (Å²) in [5.41, 5.74) is 2.03. The monoisotopic (exact) mass is 272 g/mol. The molecule has 1 aromatic carbocycles. The zero-order valence-electron chi connectivity index (χ0n) is 8.71. The number of hydrogen-bond acceptors (Lipinski definition) is 2. The molecule has 0 amide bonds. The quantitative estimate of drug-likeness (QED) is 0.917. The largest absolute Gasteiger partial charge is 0.496 e. The van der Waals surface area contributed by atoms with Gasteiger partial charge in [0.25, 0.3) is 0 Å². The fourth-order valence-corrected chi connectivity index (χ4v) is 1.97. The van der Waals surface area contributed by atoms with Gasteiger partial charge in [0.05, 0.1) is 11.6 Å². The Morgan fingerprint density at radius 1 is 1.53 bits per heavy atom. The molecular formula is C11H13BrO3. The van der Waals surface area contributed by atoms with Crippen molar-refractivity contribution in [1.82, 2.24) is 0 Å². The first-order valence-electron chi connectivity index (χ1n) is 4.59. The number of benzene rings is 1. The summed E-state index contributed by atoms with van der Waals surface area (Å²) in [5.74, 6) is -0.0437. The van der Waals surface area contributed by atoms with Gasteiger partial charge in [-0.05, 0) is 46.5 Å². The molecule has 1 N–H and O–H groups in total. The molecule has 3 nitrogen and oxygen atoms in total. The van der Waals surface area contributed by atoms with Crippen molar-refractivity contribution in [3.8, 4) is 5.75 Å². The van der Waals surface area contributed by atoms with Crippen LogP contribution in [0.1, 0.15) is 17.5 Å². The minimum atomic E-state index is -0.789. The highest BCUT2D eigenvalue weighted by Crippen LogP contribution is 2.30. The zero-order chi connectivity index (χ0) is 11.4. The fourth-order valence-electron chi connectivity index (χ4n) is 1.38. The molecule has 0 aliphatic carbocycles. The van der Waals surface area contributed by atoms with Crippen molar-refractivity contribution < 1.29 is 14.6 Å². The number of carbonyl (C=O) groups is 1. The van der Waals surface area contributed by atoms with Crippen LogP contribution in [0.25, 0.3) is 0 Å². The molecule has 15 heavy (non-hydrogen) atoms. The number of carboxylic acid groups (broad SMARTS) is 1. The molecule has 0 saturated heterocycles. The predicted octanol–water partition coefficient (Wildman–Crippen LogP) is 2.78. The smallest absolute Gasteiger partial charge is 0.303 e.